The van der Waals surface area contributed by atoms with Crippen molar-refractivity contribution in [1.82, 2.24) is 5.32 Å². The minimum Gasteiger partial charge on any atom is -0.337 e. The van der Waals surface area contributed by atoms with E-state index in [1.165, 1.54) is 0 Å². The van der Waals surface area contributed by atoms with Gasteiger partial charge in [0.1, 0.15) is 0 Å². The van der Waals surface area contributed by atoms with Gasteiger partial charge in [-0.15, -0.1) is 0 Å². The molecule has 0 radical (unpaired) electrons. The maximum absolute atomic E-state index is 12.7. The van der Waals surface area contributed by atoms with Crippen LogP contribution in [0.5, 0.6) is 0 Å². The molecule has 1 atom stereocenters. The Morgan fingerprint density at radius 3 is 2.10 bits per heavy atom. The molecule has 0 fully saturated rings. The van der Waals surface area contributed by atoms with Gasteiger partial charge in [0.2, 0.25) is 0 Å². The molecule has 1 amide bonds. The van der Waals surface area contributed by atoms with E-state index in [0.717, 1.165) is 21.5 Å². The van der Waals surface area contributed by atoms with Crippen molar-refractivity contribution in [2.24, 2.45) is 5.73 Å². The van der Waals surface area contributed by atoms with Crippen molar-refractivity contribution in [3.05, 3.63) is 60.2 Å². The number of nitrogens with one attached hydrogen (secondary N) is 1. The lowest BCUT2D eigenvalue weighted by atomic mass is 9.96. The smallest absolute Gasteiger partial charge is 0.253 e. The van der Waals surface area contributed by atoms with E-state index in [1.807, 2.05) is 55.5 Å². The van der Waals surface area contributed by atoms with Gasteiger partial charge in [-0.05, 0) is 34.0 Å². The number of hydrogen-bond acceptors (Lipinski definition) is 2. The largest absolute Gasteiger partial charge is 0.337 e. The van der Waals surface area contributed by atoms with Gasteiger partial charge in [0, 0.05) is 0 Å². The van der Waals surface area contributed by atoms with Crippen molar-refractivity contribution in [1.29, 1.82) is 0 Å². The van der Waals surface area contributed by atoms with Crippen LogP contribution in [-0.2, 0) is 0 Å². The highest BCUT2D eigenvalue weighted by molar-refractivity contribution is 6.18. The SMILES string of the molecule is CCC(N)NC(=O)c1c2ccccc2cc2ccccc12. The average molecular weight is 278 g/mol. The minimum atomic E-state index is -0.324. The number of carbonyl (C=O) groups excluding carboxylic acids is 1. The first-order valence-corrected chi connectivity index (χ1v) is 7.17. The Kier molecular flexibility index (Phi) is 3.59. The third-order valence-electron chi connectivity index (χ3n) is 3.75. The molecule has 0 aromatic heterocycles. The molecule has 3 nitrogen and oxygen atoms in total. The molecule has 0 saturated heterocycles. The van der Waals surface area contributed by atoms with Crippen molar-refractivity contribution < 1.29 is 4.79 Å². The highest BCUT2D eigenvalue weighted by Gasteiger charge is 2.15. The summed E-state index contributed by atoms with van der Waals surface area (Å²) in [5.74, 6) is -0.114. The fourth-order valence-electron chi connectivity index (χ4n) is 2.60. The topological polar surface area (TPSA) is 55.1 Å². The summed E-state index contributed by atoms with van der Waals surface area (Å²) in [5, 5.41) is 6.90. The number of rotatable bonds is 3. The fraction of sp³-hybridized carbons (Fsp3) is 0.167. The fourth-order valence-corrected chi connectivity index (χ4v) is 2.60. The molecule has 0 aliphatic heterocycles. The zero-order valence-corrected chi connectivity index (χ0v) is 12.0. The summed E-state index contributed by atoms with van der Waals surface area (Å²) in [5.41, 5.74) is 6.57. The van der Waals surface area contributed by atoms with E-state index in [9.17, 15) is 4.79 Å². The van der Waals surface area contributed by atoms with E-state index in [1.54, 1.807) is 0 Å². The van der Waals surface area contributed by atoms with Crippen LogP contribution in [0.2, 0.25) is 0 Å². The molecule has 0 spiro atoms. The second-order valence-corrected chi connectivity index (χ2v) is 5.18. The van der Waals surface area contributed by atoms with Crippen LogP contribution in [0.1, 0.15) is 23.7 Å². The molecule has 3 rings (SSSR count). The summed E-state index contributed by atoms with van der Waals surface area (Å²) in [7, 11) is 0. The average Bonchev–Trinajstić information content (AvgIpc) is 2.52. The van der Waals surface area contributed by atoms with Crippen molar-refractivity contribution in [2.45, 2.75) is 19.5 Å². The molecule has 3 aromatic carbocycles. The van der Waals surface area contributed by atoms with Gasteiger partial charge in [-0.25, -0.2) is 0 Å². The number of hydrogen-bond donors (Lipinski definition) is 2. The van der Waals surface area contributed by atoms with Crippen LogP contribution in [0, 0.1) is 0 Å². The van der Waals surface area contributed by atoms with Gasteiger partial charge >= 0.3 is 0 Å². The number of nitrogens with two attached hydrogens (primary N) is 1. The molecule has 3 aromatic rings. The summed E-state index contributed by atoms with van der Waals surface area (Å²) in [6, 6.07) is 18.0. The molecular formula is C18H18N2O. The standard InChI is InChI=1S/C18H18N2O/c1-2-16(19)20-18(21)17-14-9-5-3-7-12(14)11-13-8-4-6-10-15(13)17/h3-11,16H,2,19H2,1H3,(H,20,21). The minimum absolute atomic E-state index is 0.114. The molecule has 106 valence electrons. The Balaban J connectivity index is 2.27. The van der Waals surface area contributed by atoms with Gasteiger partial charge in [-0.2, -0.15) is 0 Å². The van der Waals surface area contributed by atoms with Crippen molar-refractivity contribution in [3.63, 3.8) is 0 Å². The van der Waals surface area contributed by atoms with E-state index < -0.39 is 0 Å². The predicted molar refractivity (Wildman–Crippen MR) is 87.2 cm³/mol. The van der Waals surface area contributed by atoms with Crippen molar-refractivity contribution >= 4 is 27.5 Å². The first-order valence-electron chi connectivity index (χ1n) is 7.17. The Morgan fingerprint density at radius 1 is 1.05 bits per heavy atom. The summed E-state index contributed by atoms with van der Waals surface area (Å²) < 4.78 is 0. The molecule has 3 heteroatoms. The number of benzene rings is 3. The van der Waals surface area contributed by atoms with Crippen molar-refractivity contribution in [2.75, 3.05) is 0 Å². The number of carbonyl (C=O) groups is 1. The van der Waals surface area contributed by atoms with Crippen molar-refractivity contribution in [3.8, 4) is 0 Å². The molecule has 0 aliphatic rings. The Morgan fingerprint density at radius 2 is 1.57 bits per heavy atom. The highest BCUT2D eigenvalue weighted by Crippen LogP contribution is 2.28. The van der Waals surface area contributed by atoms with E-state index in [0.29, 0.717) is 12.0 Å². The molecule has 21 heavy (non-hydrogen) atoms. The van der Waals surface area contributed by atoms with E-state index >= 15 is 0 Å². The summed E-state index contributed by atoms with van der Waals surface area (Å²) in [4.78, 5) is 12.7. The van der Waals surface area contributed by atoms with Gasteiger partial charge in [0.05, 0.1) is 11.7 Å². The maximum Gasteiger partial charge on any atom is 0.253 e. The summed E-state index contributed by atoms with van der Waals surface area (Å²) in [6.07, 6.45) is 0.379. The lowest BCUT2D eigenvalue weighted by Gasteiger charge is -2.15. The summed E-state index contributed by atoms with van der Waals surface area (Å²) >= 11 is 0. The molecular weight excluding hydrogens is 260 g/mol. The molecule has 0 heterocycles. The Bertz CT molecular complexity index is 757. The van der Waals surface area contributed by atoms with Crippen LogP contribution < -0.4 is 11.1 Å². The van der Waals surface area contributed by atoms with Crippen LogP contribution in [0.4, 0.5) is 0 Å². The zero-order chi connectivity index (χ0) is 14.8. The first-order chi connectivity index (χ1) is 10.2. The van der Waals surface area contributed by atoms with Gasteiger partial charge < -0.3 is 11.1 Å². The number of amides is 1. The van der Waals surface area contributed by atoms with Gasteiger partial charge in [0.25, 0.3) is 5.91 Å². The maximum atomic E-state index is 12.7. The third-order valence-corrected chi connectivity index (χ3v) is 3.75. The van der Waals surface area contributed by atoms with Crippen LogP contribution in [0.25, 0.3) is 21.5 Å². The molecule has 3 N–H and O–H groups in total. The predicted octanol–water partition coefficient (Wildman–Crippen LogP) is 3.42. The van der Waals surface area contributed by atoms with Gasteiger partial charge in [-0.3, -0.25) is 4.79 Å². The van der Waals surface area contributed by atoms with Crippen LogP contribution in [0.15, 0.2) is 54.6 Å². The first kappa shape index (κ1) is 13.6. The second kappa shape index (κ2) is 5.54. The highest BCUT2D eigenvalue weighted by atomic mass is 16.1. The van der Waals surface area contributed by atoms with Crippen LogP contribution in [0.3, 0.4) is 0 Å². The molecule has 0 bridgehead atoms. The van der Waals surface area contributed by atoms with Gasteiger partial charge in [0.15, 0.2) is 0 Å². The monoisotopic (exact) mass is 278 g/mol. The van der Waals surface area contributed by atoms with E-state index in [2.05, 4.69) is 11.4 Å². The molecule has 0 saturated carbocycles. The zero-order valence-electron chi connectivity index (χ0n) is 12.0. The normalized spacial score (nSPS) is 12.5. The van der Waals surface area contributed by atoms with Gasteiger partial charge in [-0.1, -0.05) is 55.5 Å². The second-order valence-electron chi connectivity index (χ2n) is 5.18. The third kappa shape index (κ3) is 2.48. The Labute approximate surface area is 123 Å². The molecule has 1 unspecified atom stereocenters. The van der Waals surface area contributed by atoms with Crippen LogP contribution >= 0.6 is 0 Å². The number of fused-ring (bicyclic) bond motifs is 2. The van der Waals surface area contributed by atoms with E-state index in [4.69, 9.17) is 5.73 Å². The lowest BCUT2D eigenvalue weighted by molar-refractivity contribution is 0.0940. The van der Waals surface area contributed by atoms with E-state index in [-0.39, 0.29) is 12.1 Å². The Hall–Kier alpha value is -2.39. The quantitative estimate of drug-likeness (QED) is 0.570. The lowest BCUT2D eigenvalue weighted by Crippen LogP contribution is -2.41. The molecule has 0 aliphatic carbocycles. The summed E-state index contributed by atoms with van der Waals surface area (Å²) in [6.45, 7) is 1.95. The van der Waals surface area contributed by atoms with Crippen LogP contribution in [-0.4, -0.2) is 12.1 Å².